The van der Waals surface area contributed by atoms with Gasteiger partial charge in [0.1, 0.15) is 11.6 Å². The maximum atomic E-state index is 13.1. The lowest BCUT2D eigenvalue weighted by atomic mass is 10.1. The van der Waals surface area contributed by atoms with E-state index in [0.29, 0.717) is 43.4 Å². The molecule has 1 atom stereocenters. The van der Waals surface area contributed by atoms with E-state index in [9.17, 15) is 9.18 Å². The molecule has 2 N–H and O–H groups in total. The van der Waals surface area contributed by atoms with Crippen molar-refractivity contribution in [1.82, 2.24) is 30.0 Å². The van der Waals surface area contributed by atoms with Crippen molar-refractivity contribution in [2.75, 3.05) is 18.4 Å². The van der Waals surface area contributed by atoms with Crippen LogP contribution in [0, 0.1) is 19.7 Å². The summed E-state index contributed by atoms with van der Waals surface area (Å²) in [6.07, 6.45) is 3.48. The van der Waals surface area contributed by atoms with Crippen LogP contribution in [0.15, 0.2) is 30.3 Å². The smallest absolute Gasteiger partial charge is 0.223 e. The summed E-state index contributed by atoms with van der Waals surface area (Å²) in [7, 11) is 0. The van der Waals surface area contributed by atoms with E-state index in [1.165, 1.54) is 12.1 Å². The van der Waals surface area contributed by atoms with Gasteiger partial charge in [-0.3, -0.25) is 9.89 Å². The first-order chi connectivity index (χ1) is 15.5. The molecule has 8 nitrogen and oxygen atoms in total. The van der Waals surface area contributed by atoms with Crippen molar-refractivity contribution in [3.8, 4) is 0 Å². The molecule has 1 fully saturated rings. The van der Waals surface area contributed by atoms with Gasteiger partial charge >= 0.3 is 0 Å². The number of nitrogens with one attached hydrogen (secondary N) is 2. The van der Waals surface area contributed by atoms with Gasteiger partial charge in [0, 0.05) is 37.3 Å². The van der Waals surface area contributed by atoms with Crippen LogP contribution in [0.3, 0.4) is 0 Å². The highest BCUT2D eigenvalue weighted by Crippen LogP contribution is 2.30. The largest absolute Gasteiger partial charge is 0.354 e. The quantitative estimate of drug-likeness (QED) is 0.523. The second-order valence-corrected chi connectivity index (χ2v) is 8.19. The number of carbonyl (C=O) groups is 1. The first-order valence-electron chi connectivity index (χ1n) is 11.0. The minimum Gasteiger partial charge on any atom is -0.354 e. The number of rotatable bonds is 8. The van der Waals surface area contributed by atoms with Crippen LogP contribution in [0.5, 0.6) is 0 Å². The molecule has 2 aromatic heterocycles. The maximum Gasteiger partial charge on any atom is 0.223 e. The first kappa shape index (κ1) is 21.9. The van der Waals surface area contributed by atoms with Crippen molar-refractivity contribution in [2.24, 2.45) is 0 Å². The molecule has 3 heterocycles. The molecule has 3 aromatic rings. The fourth-order valence-electron chi connectivity index (χ4n) is 4.06. The van der Waals surface area contributed by atoms with Crippen LogP contribution in [-0.2, 0) is 11.2 Å². The van der Waals surface area contributed by atoms with E-state index in [-0.39, 0.29) is 17.8 Å². The highest BCUT2D eigenvalue weighted by molar-refractivity contribution is 5.77. The van der Waals surface area contributed by atoms with Gasteiger partial charge in [0.25, 0.3) is 0 Å². The van der Waals surface area contributed by atoms with Gasteiger partial charge in [-0.25, -0.2) is 19.3 Å². The highest BCUT2D eigenvalue weighted by Gasteiger charge is 2.32. The number of halogens is 1. The third-order valence-electron chi connectivity index (χ3n) is 5.54. The zero-order chi connectivity index (χ0) is 22.5. The Hall–Kier alpha value is -3.36. The lowest BCUT2D eigenvalue weighted by Crippen LogP contribution is -2.31. The second kappa shape index (κ2) is 9.84. The number of benzene rings is 1. The van der Waals surface area contributed by atoms with Crippen LogP contribution in [0.25, 0.3) is 0 Å². The molecule has 0 unspecified atom stereocenters. The summed E-state index contributed by atoms with van der Waals surface area (Å²) in [5, 5.41) is 10.5. The zero-order valence-electron chi connectivity index (χ0n) is 18.4. The molecule has 1 aliphatic rings. The van der Waals surface area contributed by atoms with Gasteiger partial charge in [0.2, 0.25) is 11.9 Å². The average molecular weight is 438 g/mol. The third-order valence-corrected chi connectivity index (χ3v) is 5.54. The standard InChI is InChI=1S/C23H28FN7O/c1-15-13-16(2)27-23(26-15)25-11-3-6-21(32)31-12-4-5-19(31)22-28-20(29-30-22)14-17-7-9-18(24)10-8-17/h7-10,13,19H,3-6,11-12,14H2,1-2H3,(H,25,26,27)(H,28,29,30)/t19-/m0/s1. The molecular formula is C23H28FN7O. The molecule has 0 saturated carbocycles. The number of nitrogens with zero attached hydrogens (tertiary/aromatic N) is 5. The molecule has 0 radical (unpaired) electrons. The number of aromatic amines is 1. The Morgan fingerprint density at radius 1 is 1.19 bits per heavy atom. The fourth-order valence-corrected chi connectivity index (χ4v) is 4.06. The number of anilines is 1. The maximum absolute atomic E-state index is 13.1. The third kappa shape index (κ3) is 5.46. The summed E-state index contributed by atoms with van der Waals surface area (Å²) in [6.45, 7) is 5.23. The van der Waals surface area contributed by atoms with E-state index >= 15 is 0 Å². The fraction of sp³-hybridized carbons (Fsp3) is 0.435. The molecule has 1 saturated heterocycles. The lowest BCUT2D eigenvalue weighted by molar-refractivity contribution is -0.132. The van der Waals surface area contributed by atoms with Gasteiger partial charge in [-0.2, -0.15) is 5.10 Å². The number of H-pyrrole nitrogens is 1. The van der Waals surface area contributed by atoms with Gasteiger partial charge in [-0.05, 0) is 56.9 Å². The Morgan fingerprint density at radius 3 is 2.69 bits per heavy atom. The van der Waals surface area contributed by atoms with E-state index < -0.39 is 0 Å². The van der Waals surface area contributed by atoms with Gasteiger partial charge in [-0.15, -0.1) is 0 Å². The van der Waals surface area contributed by atoms with Crippen molar-refractivity contribution in [1.29, 1.82) is 0 Å². The van der Waals surface area contributed by atoms with Crippen LogP contribution in [0.2, 0.25) is 0 Å². The van der Waals surface area contributed by atoms with Crippen LogP contribution in [-0.4, -0.2) is 49.0 Å². The van der Waals surface area contributed by atoms with Crippen LogP contribution in [0.1, 0.15) is 60.3 Å². The number of hydrogen-bond acceptors (Lipinski definition) is 6. The molecule has 32 heavy (non-hydrogen) atoms. The zero-order valence-corrected chi connectivity index (χ0v) is 18.4. The van der Waals surface area contributed by atoms with Crippen LogP contribution < -0.4 is 5.32 Å². The summed E-state index contributed by atoms with van der Waals surface area (Å²) < 4.78 is 13.1. The predicted molar refractivity (Wildman–Crippen MR) is 119 cm³/mol. The molecule has 1 aromatic carbocycles. The first-order valence-corrected chi connectivity index (χ1v) is 11.0. The Bertz CT molecular complexity index is 1050. The van der Waals surface area contributed by atoms with E-state index in [4.69, 9.17) is 0 Å². The molecule has 1 amide bonds. The number of hydrogen-bond donors (Lipinski definition) is 2. The van der Waals surface area contributed by atoms with Gasteiger partial charge < -0.3 is 10.2 Å². The number of aryl methyl sites for hydroxylation is 2. The van der Waals surface area contributed by atoms with Crippen molar-refractivity contribution >= 4 is 11.9 Å². The minimum atomic E-state index is -0.260. The number of likely N-dealkylation sites (tertiary alicyclic amines) is 1. The predicted octanol–water partition coefficient (Wildman–Crippen LogP) is 3.50. The Balaban J connectivity index is 1.29. The van der Waals surface area contributed by atoms with Gasteiger partial charge in [0.05, 0.1) is 6.04 Å². The summed E-state index contributed by atoms with van der Waals surface area (Å²) >= 11 is 0. The SMILES string of the molecule is Cc1cc(C)nc(NCCCC(=O)N2CCC[C@H]2c2n[nH]c(Cc3ccc(F)cc3)n2)n1. The van der Waals surface area contributed by atoms with Gasteiger partial charge in [0.15, 0.2) is 5.82 Å². The Kier molecular flexibility index (Phi) is 6.72. The summed E-state index contributed by atoms with van der Waals surface area (Å²) in [6, 6.07) is 8.17. The number of carbonyl (C=O) groups excluding carboxylic acids is 1. The van der Waals surface area contributed by atoms with Crippen molar-refractivity contribution < 1.29 is 9.18 Å². The Morgan fingerprint density at radius 2 is 1.94 bits per heavy atom. The molecule has 1 aliphatic heterocycles. The molecule has 0 bridgehead atoms. The van der Waals surface area contributed by atoms with Crippen molar-refractivity contribution in [2.45, 2.75) is 52.0 Å². The van der Waals surface area contributed by atoms with E-state index in [0.717, 1.165) is 36.3 Å². The molecule has 0 spiro atoms. The molecule has 168 valence electrons. The van der Waals surface area contributed by atoms with Gasteiger partial charge in [-0.1, -0.05) is 12.1 Å². The van der Waals surface area contributed by atoms with Crippen molar-refractivity contribution in [3.63, 3.8) is 0 Å². The normalized spacial score (nSPS) is 15.8. The molecule has 0 aliphatic carbocycles. The average Bonchev–Trinajstić information content (AvgIpc) is 3.41. The minimum absolute atomic E-state index is 0.101. The Labute approximate surface area is 186 Å². The summed E-state index contributed by atoms with van der Waals surface area (Å²) in [5.74, 6) is 1.81. The van der Waals surface area contributed by atoms with Crippen molar-refractivity contribution in [3.05, 3.63) is 64.7 Å². The van der Waals surface area contributed by atoms with Crippen LogP contribution >= 0.6 is 0 Å². The summed E-state index contributed by atoms with van der Waals surface area (Å²) in [4.78, 5) is 28.1. The molecule has 9 heteroatoms. The topological polar surface area (TPSA) is 99.7 Å². The van der Waals surface area contributed by atoms with E-state index in [2.05, 4.69) is 30.5 Å². The lowest BCUT2D eigenvalue weighted by Gasteiger charge is -2.22. The monoisotopic (exact) mass is 437 g/mol. The number of aromatic nitrogens is 5. The highest BCUT2D eigenvalue weighted by atomic mass is 19.1. The van der Waals surface area contributed by atoms with E-state index in [1.54, 1.807) is 12.1 Å². The van der Waals surface area contributed by atoms with Crippen LogP contribution in [0.4, 0.5) is 10.3 Å². The number of amides is 1. The second-order valence-electron chi connectivity index (χ2n) is 8.19. The summed E-state index contributed by atoms with van der Waals surface area (Å²) in [5.41, 5.74) is 2.79. The van der Waals surface area contributed by atoms with E-state index in [1.807, 2.05) is 24.8 Å². The molecule has 4 rings (SSSR count). The molecular weight excluding hydrogens is 409 g/mol.